The lowest BCUT2D eigenvalue weighted by atomic mass is 10.2. The first kappa shape index (κ1) is 18.2. The van der Waals surface area contributed by atoms with Gasteiger partial charge in [-0.3, -0.25) is 0 Å². The van der Waals surface area contributed by atoms with Gasteiger partial charge in [0.05, 0.1) is 11.5 Å². The fourth-order valence-corrected chi connectivity index (χ4v) is 2.76. The summed E-state index contributed by atoms with van der Waals surface area (Å²) in [6.07, 6.45) is 1.82. The number of rotatable bonds is 7. The second-order valence-electron chi connectivity index (χ2n) is 5.47. The van der Waals surface area contributed by atoms with Crippen molar-refractivity contribution in [3.8, 4) is 5.75 Å². The largest absolute Gasteiger partial charge is 0.494 e. The summed E-state index contributed by atoms with van der Waals surface area (Å²) in [7, 11) is -1.43. The molecule has 0 saturated carbocycles. The Morgan fingerprint density at radius 2 is 1.71 bits per heavy atom. The van der Waals surface area contributed by atoms with E-state index in [-0.39, 0.29) is 4.90 Å². The average Bonchev–Trinajstić information content (AvgIpc) is 2.53. The third kappa shape index (κ3) is 4.92. The van der Waals surface area contributed by atoms with Crippen LogP contribution in [0.4, 0.5) is 14.5 Å². The molecule has 2 aromatic carbocycles. The molecule has 0 aromatic heterocycles. The monoisotopic (exact) mass is 355 g/mol. The summed E-state index contributed by atoms with van der Waals surface area (Å²) in [5.41, 5.74) is 0.589. The third-order valence-corrected chi connectivity index (χ3v) is 4.63. The molecule has 0 amide bonds. The lowest BCUT2D eigenvalue weighted by molar-refractivity contribution is 0.312. The van der Waals surface area contributed by atoms with Crippen LogP contribution in [0.25, 0.3) is 0 Å². The van der Waals surface area contributed by atoms with Crippen molar-refractivity contribution < 1.29 is 21.9 Å². The van der Waals surface area contributed by atoms with E-state index in [9.17, 15) is 17.2 Å². The molecule has 7 heteroatoms. The van der Waals surface area contributed by atoms with Crippen LogP contribution in [0.1, 0.15) is 6.42 Å². The van der Waals surface area contributed by atoms with Crippen molar-refractivity contribution in [1.29, 1.82) is 0 Å². The summed E-state index contributed by atoms with van der Waals surface area (Å²) in [5, 5.41) is 0. The predicted molar refractivity (Wildman–Crippen MR) is 89.3 cm³/mol. The van der Waals surface area contributed by atoms with E-state index in [2.05, 4.69) is 0 Å². The molecule has 0 aliphatic carbocycles. The van der Waals surface area contributed by atoms with E-state index in [1.807, 2.05) is 0 Å². The van der Waals surface area contributed by atoms with Crippen molar-refractivity contribution >= 4 is 15.5 Å². The highest BCUT2D eigenvalue weighted by atomic mass is 32.2. The number of ether oxygens (including phenoxy) is 1. The molecule has 4 nitrogen and oxygen atoms in total. The molecule has 0 saturated heterocycles. The van der Waals surface area contributed by atoms with E-state index >= 15 is 0 Å². The predicted octanol–water partition coefficient (Wildman–Crippen LogP) is 3.27. The molecule has 0 fully saturated rings. The smallest absolute Gasteiger partial charge is 0.175 e. The fourth-order valence-electron chi connectivity index (χ4n) is 2.13. The Morgan fingerprint density at radius 3 is 2.29 bits per heavy atom. The molecule has 0 radical (unpaired) electrons. The van der Waals surface area contributed by atoms with Crippen LogP contribution in [0.15, 0.2) is 47.4 Å². The van der Waals surface area contributed by atoms with Crippen molar-refractivity contribution in [2.45, 2.75) is 11.3 Å². The SMILES string of the molecule is CN(CCCOc1ccc(S(C)(=O)=O)cc1)c1ccc(F)c(F)c1. The number of benzene rings is 2. The van der Waals surface area contributed by atoms with Crippen LogP contribution in [-0.2, 0) is 9.84 Å². The molecule has 0 bridgehead atoms. The molecular weight excluding hydrogens is 336 g/mol. The lowest BCUT2D eigenvalue weighted by Crippen LogP contribution is -2.20. The number of hydrogen-bond donors (Lipinski definition) is 0. The third-order valence-electron chi connectivity index (χ3n) is 3.50. The minimum absolute atomic E-state index is 0.243. The van der Waals surface area contributed by atoms with Gasteiger partial charge in [-0.05, 0) is 42.8 Å². The van der Waals surface area contributed by atoms with Gasteiger partial charge in [-0.25, -0.2) is 17.2 Å². The summed E-state index contributed by atoms with van der Waals surface area (Å²) in [5.74, 6) is -1.16. The van der Waals surface area contributed by atoms with E-state index in [4.69, 9.17) is 4.74 Å². The molecule has 130 valence electrons. The standard InChI is InChI=1S/C17H19F2NO3S/c1-20(13-4-9-16(18)17(19)12-13)10-3-11-23-14-5-7-15(8-6-14)24(2,21)22/h4-9,12H,3,10-11H2,1-2H3. The van der Waals surface area contributed by atoms with E-state index in [1.54, 1.807) is 24.1 Å². The minimum Gasteiger partial charge on any atom is -0.494 e. The van der Waals surface area contributed by atoms with E-state index in [1.165, 1.54) is 18.2 Å². The summed E-state index contributed by atoms with van der Waals surface area (Å²) in [4.78, 5) is 2.05. The van der Waals surface area contributed by atoms with Crippen molar-refractivity contribution in [2.24, 2.45) is 0 Å². The quantitative estimate of drug-likeness (QED) is 0.715. The molecule has 0 aliphatic heterocycles. The van der Waals surface area contributed by atoms with Crippen molar-refractivity contribution in [3.05, 3.63) is 54.1 Å². The number of hydrogen-bond acceptors (Lipinski definition) is 4. The van der Waals surface area contributed by atoms with Gasteiger partial charge in [0.25, 0.3) is 0 Å². The van der Waals surface area contributed by atoms with Gasteiger partial charge in [0.2, 0.25) is 0 Å². The van der Waals surface area contributed by atoms with E-state index in [0.29, 0.717) is 31.0 Å². The van der Waals surface area contributed by atoms with Crippen molar-refractivity contribution in [1.82, 2.24) is 0 Å². The van der Waals surface area contributed by atoms with E-state index < -0.39 is 21.5 Å². The van der Waals surface area contributed by atoms with Gasteiger partial charge in [0, 0.05) is 31.6 Å². The molecule has 0 unspecified atom stereocenters. The lowest BCUT2D eigenvalue weighted by Gasteiger charge is -2.19. The Labute approximate surface area is 140 Å². The Hall–Kier alpha value is -2.15. The Bertz CT molecular complexity index is 792. The average molecular weight is 355 g/mol. The van der Waals surface area contributed by atoms with E-state index in [0.717, 1.165) is 18.4 Å². The minimum atomic E-state index is -3.21. The highest BCUT2D eigenvalue weighted by molar-refractivity contribution is 7.90. The van der Waals surface area contributed by atoms with Gasteiger partial charge in [-0.2, -0.15) is 0 Å². The summed E-state index contributed by atoms with van der Waals surface area (Å²) in [6, 6.07) is 9.98. The molecule has 0 spiro atoms. The highest BCUT2D eigenvalue weighted by Gasteiger charge is 2.08. The highest BCUT2D eigenvalue weighted by Crippen LogP contribution is 2.18. The second kappa shape index (κ2) is 7.61. The Kier molecular flexibility index (Phi) is 5.77. The Balaban J connectivity index is 1.81. The molecule has 0 atom stereocenters. The fraction of sp³-hybridized carbons (Fsp3) is 0.294. The zero-order chi connectivity index (χ0) is 17.7. The van der Waals surface area contributed by atoms with Gasteiger partial charge in [0.1, 0.15) is 5.75 Å². The first-order chi connectivity index (χ1) is 11.3. The molecule has 24 heavy (non-hydrogen) atoms. The molecule has 0 heterocycles. The number of anilines is 1. The summed E-state index contributed by atoms with van der Waals surface area (Å²) >= 11 is 0. The molecule has 0 N–H and O–H groups in total. The van der Waals surface area contributed by atoms with Crippen LogP contribution < -0.4 is 9.64 Å². The zero-order valence-electron chi connectivity index (χ0n) is 13.5. The van der Waals surface area contributed by atoms with Crippen LogP contribution in [0.5, 0.6) is 5.75 Å². The van der Waals surface area contributed by atoms with Crippen LogP contribution in [0, 0.1) is 11.6 Å². The summed E-state index contributed by atoms with van der Waals surface area (Å²) in [6.45, 7) is 1.03. The summed E-state index contributed by atoms with van der Waals surface area (Å²) < 4.78 is 54.4. The van der Waals surface area contributed by atoms with Crippen molar-refractivity contribution in [3.63, 3.8) is 0 Å². The second-order valence-corrected chi connectivity index (χ2v) is 7.48. The van der Waals surface area contributed by atoms with Gasteiger partial charge < -0.3 is 9.64 Å². The normalized spacial score (nSPS) is 11.3. The first-order valence-corrected chi connectivity index (χ1v) is 9.25. The van der Waals surface area contributed by atoms with Gasteiger partial charge in [-0.15, -0.1) is 0 Å². The molecule has 2 aromatic rings. The number of sulfone groups is 1. The zero-order valence-corrected chi connectivity index (χ0v) is 14.3. The maximum atomic E-state index is 13.2. The van der Waals surface area contributed by atoms with Crippen LogP contribution in [0.3, 0.4) is 0 Å². The topological polar surface area (TPSA) is 46.6 Å². The van der Waals surface area contributed by atoms with Crippen LogP contribution in [0.2, 0.25) is 0 Å². The van der Waals surface area contributed by atoms with Crippen LogP contribution >= 0.6 is 0 Å². The van der Waals surface area contributed by atoms with Gasteiger partial charge in [-0.1, -0.05) is 0 Å². The molecular formula is C17H19F2NO3S. The van der Waals surface area contributed by atoms with Gasteiger partial charge in [0.15, 0.2) is 21.5 Å². The van der Waals surface area contributed by atoms with Gasteiger partial charge >= 0.3 is 0 Å². The molecule has 2 rings (SSSR count). The maximum Gasteiger partial charge on any atom is 0.175 e. The molecule has 0 aliphatic rings. The van der Waals surface area contributed by atoms with Crippen molar-refractivity contribution in [2.75, 3.05) is 31.4 Å². The Morgan fingerprint density at radius 1 is 1.04 bits per heavy atom. The number of halogens is 2. The maximum absolute atomic E-state index is 13.2. The number of nitrogens with zero attached hydrogens (tertiary/aromatic N) is 1. The first-order valence-electron chi connectivity index (χ1n) is 7.36. The van der Waals surface area contributed by atoms with Crippen LogP contribution in [-0.4, -0.2) is 34.9 Å².